The molecule has 0 N–H and O–H groups in total. The molecule has 65 heavy (non-hydrogen) atoms. The third-order valence-corrected chi connectivity index (χ3v) is 10.4. The molecule has 1 nitrogen and oxygen atoms in total. The van der Waals surface area contributed by atoms with Gasteiger partial charge in [-0.3, -0.25) is 0 Å². The molecule has 0 atom stereocenters. The van der Waals surface area contributed by atoms with Gasteiger partial charge in [-0.25, -0.2) is 87.8 Å². The van der Waals surface area contributed by atoms with Gasteiger partial charge in [0.05, 0.1) is 5.56 Å². The first-order valence-corrected chi connectivity index (χ1v) is 18.0. The van der Waals surface area contributed by atoms with Crippen LogP contribution >= 0.6 is 12.6 Å². The van der Waals surface area contributed by atoms with Crippen molar-refractivity contribution >= 4 is 40.6 Å². The number of hydrogen-bond acceptors (Lipinski definition) is 1. The van der Waals surface area contributed by atoms with Crippen LogP contribution in [0.5, 0.6) is 0 Å². The number of nitrogens with zero attached hydrogens (tertiary/aromatic N) is 1. The summed E-state index contributed by atoms with van der Waals surface area (Å²) in [6, 6.07) is 25.0. The van der Waals surface area contributed by atoms with Crippen molar-refractivity contribution in [3.63, 3.8) is 0 Å². The highest BCUT2D eigenvalue weighted by Gasteiger charge is 2.52. The van der Waals surface area contributed by atoms with Crippen molar-refractivity contribution in [1.82, 2.24) is 0 Å². The monoisotopic (exact) mass is 957 g/mol. The number of pyridine rings is 1. The van der Waals surface area contributed by atoms with Crippen molar-refractivity contribution in [3.8, 4) is 11.3 Å². The Labute approximate surface area is 356 Å². The molecule has 0 bridgehead atoms. The zero-order valence-corrected chi connectivity index (χ0v) is 32.1. The van der Waals surface area contributed by atoms with E-state index in [0.717, 1.165) is 17.0 Å². The predicted molar refractivity (Wildman–Crippen MR) is 194 cm³/mol. The van der Waals surface area contributed by atoms with Gasteiger partial charge in [-0.15, -0.1) is 34.5 Å². The number of hydrogen-bond donors (Lipinski definition) is 1. The van der Waals surface area contributed by atoms with E-state index in [0.29, 0.717) is 0 Å². The van der Waals surface area contributed by atoms with E-state index in [1.807, 2.05) is 18.2 Å². The molecule has 0 aliphatic carbocycles. The van der Waals surface area contributed by atoms with Crippen LogP contribution in [0, 0.1) is 116 Å². The first kappa shape index (κ1) is 48.0. The van der Waals surface area contributed by atoms with Crippen LogP contribution in [0.3, 0.4) is 0 Å². The van der Waals surface area contributed by atoms with Crippen LogP contribution in [0.1, 0.15) is 5.56 Å². The zero-order valence-electron chi connectivity index (χ0n) is 31.2. The largest absolute Gasteiger partial charge is 0.213 e. The maximum atomic E-state index is 15.4. The number of benzene rings is 6. The second-order valence-electron chi connectivity index (χ2n) is 13.5. The molecule has 0 saturated carbocycles. The molecule has 0 spiro atoms. The SMILES string of the molecule is Fc1c(F)c(F)c([B-](c2c(F)c(F)c(F)c(F)c2F)(c2c(F)c(F)c(F)c(F)c2F)c2c(F)c(F)c(F)c(F)c2F)c(F)c1F.Sc1ccccc1-c1cccc[n+]1Cc1ccccc1. The first-order chi connectivity index (χ1) is 30.5. The Bertz CT molecular complexity index is 2660. The maximum Gasteiger partial charge on any atom is 0.213 e. The Morgan fingerprint density at radius 1 is 0.323 bits per heavy atom. The van der Waals surface area contributed by atoms with Gasteiger partial charge < -0.3 is 0 Å². The highest BCUT2D eigenvalue weighted by atomic mass is 32.1. The Morgan fingerprint density at radius 2 is 0.600 bits per heavy atom. The van der Waals surface area contributed by atoms with Crippen LogP contribution in [-0.2, 0) is 6.54 Å². The normalized spacial score (nSPS) is 11.5. The summed E-state index contributed by atoms with van der Waals surface area (Å²) in [7, 11) is 0. The quantitative estimate of drug-likeness (QED) is 0.0406. The molecule has 0 aliphatic rings. The van der Waals surface area contributed by atoms with E-state index in [1.54, 1.807) is 0 Å². The van der Waals surface area contributed by atoms with Crippen LogP contribution in [0.2, 0.25) is 0 Å². The van der Waals surface area contributed by atoms with Gasteiger partial charge in [0.25, 0.3) is 0 Å². The molecule has 0 radical (unpaired) electrons. The van der Waals surface area contributed by atoms with Crippen LogP contribution in [0.4, 0.5) is 87.8 Å². The van der Waals surface area contributed by atoms with Crippen LogP contribution in [0.25, 0.3) is 11.3 Å². The fourth-order valence-corrected chi connectivity index (χ4v) is 7.48. The summed E-state index contributed by atoms with van der Waals surface area (Å²) in [5, 5.41) is 0. The molecule has 7 rings (SSSR count). The Morgan fingerprint density at radius 3 is 0.923 bits per heavy atom. The Balaban J connectivity index is 0.000000289. The lowest BCUT2D eigenvalue weighted by Gasteiger charge is -2.44. The van der Waals surface area contributed by atoms with Crippen molar-refractivity contribution in [1.29, 1.82) is 0 Å². The van der Waals surface area contributed by atoms with Crippen LogP contribution in [-0.4, -0.2) is 6.15 Å². The number of halogens is 20. The molecule has 1 heterocycles. The highest BCUT2D eigenvalue weighted by molar-refractivity contribution is 7.80. The van der Waals surface area contributed by atoms with Gasteiger partial charge in [-0.1, -0.05) is 42.5 Å². The lowest BCUT2D eigenvalue weighted by Crippen LogP contribution is -2.81. The summed E-state index contributed by atoms with van der Waals surface area (Å²) >= 11 is 4.57. The molecule has 7 aromatic rings. The van der Waals surface area contributed by atoms with Crippen LogP contribution in [0.15, 0.2) is 83.9 Å². The lowest BCUT2D eigenvalue weighted by atomic mass is 9.12. The predicted octanol–water partition coefficient (Wildman–Crippen LogP) is 9.82. The van der Waals surface area contributed by atoms with Crippen molar-refractivity contribution in [2.45, 2.75) is 11.4 Å². The van der Waals surface area contributed by atoms with Crippen molar-refractivity contribution in [3.05, 3.63) is 201 Å². The third kappa shape index (κ3) is 7.71. The molecule has 0 saturated heterocycles. The standard InChI is InChI=1S/C24BF20.C18H15NS/c26-5-1(6(27)14(35)21(42)13(5)34)25(2-7(28)15(36)22(43)16(37)8(2)29,3-9(30)17(38)23(44)18(39)10(3)31)4-11(32)19(40)24(45)20(41)12(4)33;20-18-12-5-4-10-16(18)17-11-6-7-13-19(17)14-15-8-2-1-3-9-15/h;1-13H,14H2/q-1;/p+1. The number of thiol groups is 1. The molecule has 0 fully saturated rings. The van der Waals surface area contributed by atoms with Gasteiger partial charge in [-0.05, 0) is 18.2 Å². The molecule has 0 aliphatic heterocycles. The average molecular weight is 957 g/mol. The zero-order chi connectivity index (χ0) is 48.1. The van der Waals surface area contributed by atoms with Crippen LogP contribution < -0.4 is 26.4 Å². The van der Waals surface area contributed by atoms with Gasteiger partial charge >= 0.3 is 0 Å². The Kier molecular flexibility index (Phi) is 13.4. The summed E-state index contributed by atoms with van der Waals surface area (Å²) in [6.07, 6.45) is -5.10. The number of rotatable bonds is 7. The minimum atomic E-state index is -7.22. The molecule has 23 heteroatoms. The summed E-state index contributed by atoms with van der Waals surface area (Å²) < 4.78 is 296. The molecule has 1 aromatic heterocycles. The maximum absolute atomic E-state index is 15.4. The van der Waals surface area contributed by atoms with E-state index in [4.69, 9.17) is 0 Å². The van der Waals surface area contributed by atoms with E-state index in [9.17, 15) is 52.7 Å². The second-order valence-corrected chi connectivity index (χ2v) is 14.0. The molecule has 0 unspecified atom stereocenters. The summed E-state index contributed by atoms with van der Waals surface area (Å²) in [5.41, 5.74) is -10.7. The van der Waals surface area contributed by atoms with Gasteiger partial charge in [-0.2, -0.15) is 4.57 Å². The van der Waals surface area contributed by atoms with Gasteiger partial charge in [0, 0.05) is 22.6 Å². The summed E-state index contributed by atoms with van der Waals surface area (Å²) in [5.74, 6) is -71.4. The Hall–Kier alpha value is -6.52. The van der Waals surface area contributed by atoms with Crippen molar-refractivity contribution in [2.24, 2.45) is 0 Å². The lowest BCUT2D eigenvalue weighted by molar-refractivity contribution is -0.677. The van der Waals surface area contributed by atoms with E-state index >= 15 is 35.1 Å². The highest BCUT2D eigenvalue weighted by Crippen LogP contribution is 2.31. The van der Waals surface area contributed by atoms with E-state index in [1.165, 1.54) is 11.3 Å². The molecule has 338 valence electrons. The molecule has 0 amide bonds. The second kappa shape index (κ2) is 18.2. The third-order valence-electron chi connectivity index (χ3n) is 10.0. The molecular weight excluding hydrogens is 941 g/mol. The summed E-state index contributed by atoms with van der Waals surface area (Å²) in [6.45, 7) is 0.860. The molecular formula is C42H16BF20NS. The average Bonchev–Trinajstić information content (AvgIpc) is 3.30. The van der Waals surface area contributed by atoms with E-state index in [2.05, 4.69) is 78.0 Å². The fraction of sp³-hybridized carbons (Fsp3) is 0.0238. The minimum Gasteiger partial charge on any atom is -0.207 e. The smallest absolute Gasteiger partial charge is 0.207 e. The minimum absolute atomic E-state index is 0.860. The van der Waals surface area contributed by atoms with Crippen molar-refractivity contribution in [2.75, 3.05) is 0 Å². The molecule has 6 aromatic carbocycles. The van der Waals surface area contributed by atoms with E-state index in [-0.39, 0.29) is 0 Å². The van der Waals surface area contributed by atoms with Gasteiger partial charge in [0.15, 0.2) is 82.5 Å². The van der Waals surface area contributed by atoms with Gasteiger partial charge in [0.2, 0.25) is 5.69 Å². The topological polar surface area (TPSA) is 3.88 Å². The van der Waals surface area contributed by atoms with E-state index < -0.39 is 144 Å². The van der Waals surface area contributed by atoms with Crippen molar-refractivity contribution < 1.29 is 92.4 Å². The summed E-state index contributed by atoms with van der Waals surface area (Å²) in [4.78, 5) is 1.00. The van der Waals surface area contributed by atoms with Gasteiger partial charge in [0.1, 0.15) is 52.7 Å². The number of aromatic nitrogens is 1. The fourth-order valence-electron chi connectivity index (χ4n) is 7.20. The first-order valence-electron chi connectivity index (χ1n) is 17.6.